The Morgan fingerprint density at radius 1 is 1.21 bits per heavy atom. The fraction of sp³-hybridized carbons (Fsp3) is 0.333. The fourth-order valence-corrected chi connectivity index (χ4v) is 1.43. The summed E-state index contributed by atoms with van der Waals surface area (Å²) >= 11 is 0. The molecule has 1 aromatic rings. The van der Waals surface area contributed by atoms with Crippen LogP contribution in [0.2, 0.25) is 0 Å². The van der Waals surface area contributed by atoms with E-state index in [1.54, 1.807) is 0 Å². The maximum absolute atomic E-state index is 12.1. The molecule has 0 radical (unpaired) electrons. The Morgan fingerprint density at radius 3 is 2.16 bits per heavy atom. The van der Waals surface area contributed by atoms with E-state index in [0.717, 1.165) is 7.05 Å². The highest BCUT2D eigenvalue weighted by Crippen LogP contribution is 2.16. The van der Waals surface area contributed by atoms with Gasteiger partial charge < -0.3 is 10.0 Å². The molecule has 0 atom stereocenters. The Labute approximate surface area is 107 Å². The van der Waals surface area contributed by atoms with Crippen molar-refractivity contribution in [1.29, 1.82) is 0 Å². The van der Waals surface area contributed by atoms with E-state index in [0.29, 0.717) is 10.5 Å². The van der Waals surface area contributed by atoms with Crippen molar-refractivity contribution in [2.24, 2.45) is 0 Å². The van der Waals surface area contributed by atoms with Gasteiger partial charge in [0.1, 0.15) is 6.54 Å². The van der Waals surface area contributed by atoms with Gasteiger partial charge in [0.15, 0.2) is 0 Å². The lowest BCUT2D eigenvalue weighted by Crippen LogP contribution is -2.36. The van der Waals surface area contributed by atoms with Gasteiger partial charge in [-0.15, -0.1) is 0 Å². The number of alkyl halides is 3. The number of nitrogens with zero attached hydrogens (tertiary/aromatic N) is 1. The number of hydrogen-bond acceptors (Lipinski definition) is 2. The van der Waals surface area contributed by atoms with Gasteiger partial charge in [-0.2, -0.15) is 13.2 Å². The molecule has 0 bridgehead atoms. The van der Waals surface area contributed by atoms with Crippen molar-refractivity contribution in [2.75, 3.05) is 13.6 Å². The van der Waals surface area contributed by atoms with Gasteiger partial charge in [0.2, 0.25) is 5.91 Å². The van der Waals surface area contributed by atoms with Crippen LogP contribution in [0, 0.1) is 0 Å². The number of benzene rings is 1. The zero-order valence-electron chi connectivity index (χ0n) is 10.1. The molecule has 0 aliphatic carbocycles. The minimum Gasteiger partial charge on any atom is -0.478 e. The SMILES string of the molecule is CN(CC(F)(F)F)C(=O)Cc1ccc(C(=O)O)cc1. The number of carbonyl (C=O) groups excluding carboxylic acids is 1. The Morgan fingerprint density at radius 2 is 1.74 bits per heavy atom. The molecule has 19 heavy (non-hydrogen) atoms. The monoisotopic (exact) mass is 275 g/mol. The quantitative estimate of drug-likeness (QED) is 0.913. The van der Waals surface area contributed by atoms with E-state index < -0.39 is 24.6 Å². The van der Waals surface area contributed by atoms with Crippen molar-refractivity contribution in [3.8, 4) is 0 Å². The molecular formula is C12H12F3NO3. The molecule has 7 heteroatoms. The van der Waals surface area contributed by atoms with Crippen molar-refractivity contribution >= 4 is 11.9 Å². The number of amides is 1. The first kappa shape index (κ1) is 15.0. The van der Waals surface area contributed by atoms with E-state index in [9.17, 15) is 22.8 Å². The molecule has 1 rings (SSSR count). The molecule has 1 N–H and O–H groups in total. The number of carboxylic acids is 1. The molecule has 0 saturated heterocycles. The van der Waals surface area contributed by atoms with E-state index >= 15 is 0 Å². The molecule has 1 aromatic carbocycles. The smallest absolute Gasteiger partial charge is 0.406 e. The van der Waals surface area contributed by atoms with E-state index in [1.165, 1.54) is 24.3 Å². The summed E-state index contributed by atoms with van der Waals surface area (Å²) in [4.78, 5) is 22.7. The molecule has 104 valence electrons. The van der Waals surface area contributed by atoms with Gasteiger partial charge in [-0.25, -0.2) is 4.79 Å². The van der Waals surface area contributed by atoms with Crippen LogP contribution in [0.15, 0.2) is 24.3 Å². The van der Waals surface area contributed by atoms with Crippen LogP contribution in [0.25, 0.3) is 0 Å². The Balaban J connectivity index is 2.64. The summed E-state index contributed by atoms with van der Waals surface area (Å²) in [6.45, 7) is -1.31. The number of likely N-dealkylation sites (N-methyl/N-ethyl adjacent to an activating group) is 1. The number of hydrogen-bond donors (Lipinski definition) is 1. The highest BCUT2D eigenvalue weighted by Gasteiger charge is 2.31. The molecule has 0 fully saturated rings. The second kappa shape index (κ2) is 5.73. The molecule has 0 spiro atoms. The predicted molar refractivity (Wildman–Crippen MR) is 60.8 cm³/mol. The van der Waals surface area contributed by atoms with E-state index in [1.807, 2.05) is 0 Å². The molecule has 0 aliphatic rings. The molecule has 4 nitrogen and oxygen atoms in total. The number of carbonyl (C=O) groups is 2. The van der Waals surface area contributed by atoms with Crippen molar-refractivity contribution in [3.05, 3.63) is 35.4 Å². The number of halogens is 3. The summed E-state index contributed by atoms with van der Waals surface area (Å²) in [7, 11) is 1.07. The third-order valence-corrected chi connectivity index (χ3v) is 2.40. The van der Waals surface area contributed by atoms with Gasteiger partial charge in [-0.3, -0.25) is 4.79 Å². The van der Waals surface area contributed by atoms with E-state index in [4.69, 9.17) is 5.11 Å². The molecule has 0 heterocycles. The first-order chi connectivity index (χ1) is 8.69. The summed E-state index contributed by atoms with van der Waals surface area (Å²) in [6, 6.07) is 5.41. The van der Waals surface area contributed by atoms with Gasteiger partial charge in [0.05, 0.1) is 12.0 Å². The van der Waals surface area contributed by atoms with Gasteiger partial charge in [0.25, 0.3) is 0 Å². The van der Waals surface area contributed by atoms with Crippen LogP contribution in [0.4, 0.5) is 13.2 Å². The Hall–Kier alpha value is -2.05. The first-order valence-corrected chi connectivity index (χ1v) is 5.32. The molecule has 0 saturated carbocycles. The summed E-state index contributed by atoms with van der Waals surface area (Å²) in [5, 5.41) is 8.67. The molecule has 0 aliphatic heterocycles. The summed E-state index contributed by atoms with van der Waals surface area (Å²) in [5.41, 5.74) is 0.517. The summed E-state index contributed by atoms with van der Waals surface area (Å²) in [6.07, 6.45) is -4.63. The maximum atomic E-state index is 12.1. The van der Waals surface area contributed by atoms with Gasteiger partial charge in [0, 0.05) is 7.05 Å². The molecule has 1 amide bonds. The van der Waals surface area contributed by atoms with Crippen LogP contribution in [-0.4, -0.2) is 41.7 Å². The molecule has 0 unspecified atom stereocenters. The topological polar surface area (TPSA) is 57.6 Å². The van der Waals surface area contributed by atoms with E-state index in [-0.39, 0.29) is 12.0 Å². The van der Waals surface area contributed by atoms with Crippen molar-refractivity contribution in [3.63, 3.8) is 0 Å². The Kier molecular flexibility index (Phi) is 4.52. The minimum atomic E-state index is -4.43. The highest BCUT2D eigenvalue weighted by molar-refractivity contribution is 5.87. The number of carboxylic acid groups (broad SMARTS) is 1. The largest absolute Gasteiger partial charge is 0.478 e. The summed E-state index contributed by atoms with van der Waals surface area (Å²) < 4.78 is 36.3. The lowest BCUT2D eigenvalue weighted by Gasteiger charge is -2.18. The van der Waals surface area contributed by atoms with Crippen LogP contribution >= 0.6 is 0 Å². The third-order valence-electron chi connectivity index (χ3n) is 2.40. The number of rotatable bonds is 4. The zero-order valence-corrected chi connectivity index (χ0v) is 10.1. The highest BCUT2D eigenvalue weighted by atomic mass is 19.4. The van der Waals surface area contributed by atoms with Crippen LogP contribution in [0.1, 0.15) is 15.9 Å². The summed E-state index contributed by atoms with van der Waals surface area (Å²) in [5.74, 6) is -1.78. The third kappa shape index (κ3) is 4.99. The zero-order chi connectivity index (χ0) is 14.6. The lowest BCUT2D eigenvalue weighted by molar-refractivity contribution is -0.157. The first-order valence-electron chi connectivity index (χ1n) is 5.32. The molecular weight excluding hydrogens is 263 g/mol. The van der Waals surface area contributed by atoms with Crippen molar-refractivity contribution < 1.29 is 27.9 Å². The standard InChI is InChI=1S/C12H12F3NO3/c1-16(7-12(13,14)15)10(17)6-8-2-4-9(5-3-8)11(18)19/h2-5H,6-7H2,1H3,(H,18,19). The normalized spacial score (nSPS) is 11.2. The second-order valence-corrected chi connectivity index (χ2v) is 4.04. The Bertz CT molecular complexity index is 468. The van der Waals surface area contributed by atoms with E-state index in [2.05, 4.69) is 0 Å². The minimum absolute atomic E-state index is 0.0554. The predicted octanol–water partition coefficient (Wildman–Crippen LogP) is 1.95. The maximum Gasteiger partial charge on any atom is 0.406 e. The second-order valence-electron chi connectivity index (χ2n) is 4.04. The van der Waals surface area contributed by atoms with Gasteiger partial charge >= 0.3 is 12.1 Å². The van der Waals surface area contributed by atoms with Crippen molar-refractivity contribution in [1.82, 2.24) is 4.90 Å². The molecule has 0 aromatic heterocycles. The fourth-order valence-electron chi connectivity index (χ4n) is 1.43. The van der Waals surface area contributed by atoms with Gasteiger partial charge in [-0.1, -0.05) is 12.1 Å². The average Bonchev–Trinajstić information content (AvgIpc) is 2.27. The number of aromatic carboxylic acids is 1. The lowest BCUT2D eigenvalue weighted by atomic mass is 10.1. The van der Waals surface area contributed by atoms with Crippen LogP contribution in [0.3, 0.4) is 0 Å². The average molecular weight is 275 g/mol. The van der Waals surface area contributed by atoms with Crippen LogP contribution in [0.5, 0.6) is 0 Å². The van der Waals surface area contributed by atoms with Crippen LogP contribution in [-0.2, 0) is 11.2 Å². The van der Waals surface area contributed by atoms with Crippen LogP contribution < -0.4 is 0 Å². The van der Waals surface area contributed by atoms with Gasteiger partial charge in [-0.05, 0) is 17.7 Å². The van der Waals surface area contributed by atoms with Crippen molar-refractivity contribution in [2.45, 2.75) is 12.6 Å².